The van der Waals surface area contributed by atoms with Gasteiger partial charge in [-0.3, -0.25) is 4.68 Å². The van der Waals surface area contributed by atoms with Crippen molar-refractivity contribution in [3.8, 4) is 22.0 Å². The van der Waals surface area contributed by atoms with Gasteiger partial charge in [-0.2, -0.15) is 5.10 Å². The van der Waals surface area contributed by atoms with E-state index in [1.807, 2.05) is 41.5 Å². The lowest BCUT2D eigenvalue weighted by molar-refractivity contribution is 0.629. The van der Waals surface area contributed by atoms with E-state index in [0.717, 1.165) is 47.0 Å². The maximum atomic E-state index is 13.4. The molecule has 0 fully saturated rings. The molecule has 0 saturated heterocycles. The summed E-state index contributed by atoms with van der Waals surface area (Å²) in [6.45, 7) is 0. The number of aromatic nitrogens is 6. The van der Waals surface area contributed by atoms with Crippen molar-refractivity contribution < 1.29 is 4.39 Å². The van der Waals surface area contributed by atoms with Gasteiger partial charge >= 0.3 is 0 Å². The maximum Gasteiger partial charge on any atom is 0.191 e. The Hall–Kier alpha value is -3.08. The second kappa shape index (κ2) is 8.05. The van der Waals surface area contributed by atoms with Crippen molar-refractivity contribution in [2.24, 2.45) is 14.1 Å². The molecular formula is C23H17FN6S3. The number of thiazole rings is 1. The maximum absolute atomic E-state index is 13.4. The highest BCUT2D eigenvalue weighted by Crippen LogP contribution is 2.38. The monoisotopic (exact) mass is 492 g/mol. The molecule has 0 aliphatic heterocycles. The van der Waals surface area contributed by atoms with Gasteiger partial charge < -0.3 is 4.57 Å². The lowest BCUT2D eigenvalue weighted by Gasteiger charge is -2.01. The van der Waals surface area contributed by atoms with E-state index in [4.69, 9.17) is 5.10 Å². The minimum atomic E-state index is -0.265. The Morgan fingerprint density at radius 2 is 1.85 bits per heavy atom. The molecule has 0 atom stereocenters. The van der Waals surface area contributed by atoms with Gasteiger partial charge in [-0.1, -0.05) is 42.1 Å². The van der Waals surface area contributed by atoms with Crippen LogP contribution in [0, 0.1) is 5.82 Å². The lowest BCUT2D eigenvalue weighted by atomic mass is 10.1. The van der Waals surface area contributed by atoms with E-state index in [1.165, 1.54) is 12.1 Å². The van der Waals surface area contributed by atoms with Crippen LogP contribution in [-0.4, -0.2) is 29.5 Å². The third-order valence-corrected chi connectivity index (χ3v) is 8.78. The number of fused-ring (bicyclic) bond motifs is 2. The lowest BCUT2D eigenvalue weighted by Crippen LogP contribution is -1.94. The molecule has 0 amide bonds. The van der Waals surface area contributed by atoms with Gasteiger partial charge in [0.15, 0.2) is 11.0 Å². The number of rotatable bonds is 5. The number of thiophene rings is 1. The molecule has 0 spiro atoms. The van der Waals surface area contributed by atoms with E-state index < -0.39 is 0 Å². The van der Waals surface area contributed by atoms with Gasteiger partial charge in [0.1, 0.15) is 21.3 Å². The quantitative estimate of drug-likeness (QED) is 0.271. The van der Waals surface area contributed by atoms with Crippen molar-refractivity contribution >= 4 is 54.9 Å². The summed E-state index contributed by atoms with van der Waals surface area (Å²) in [7, 11) is 3.95. The summed E-state index contributed by atoms with van der Waals surface area (Å²) in [4.78, 5) is 6.69. The van der Waals surface area contributed by atoms with Gasteiger partial charge in [0.05, 0.1) is 20.8 Å². The van der Waals surface area contributed by atoms with Crippen molar-refractivity contribution in [2.75, 3.05) is 0 Å². The molecule has 2 aromatic carbocycles. The summed E-state index contributed by atoms with van der Waals surface area (Å²) in [5.41, 5.74) is 2.76. The highest BCUT2D eigenvalue weighted by Gasteiger charge is 2.19. The zero-order chi connectivity index (χ0) is 22.5. The number of thioether (sulfide) groups is 1. The standard InChI is InChI=1S/C23H17FN6S3/c1-29-21(18-11-15-20(13-6-4-3-5-7-13)28-30(2)22(15)33-18)26-27-23(29)31-12-19-25-16-10-14(24)8-9-17(16)32-19/h3-11H,12H2,1-2H3. The third kappa shape index (κ3) is 3.64. The summed E-state index contributed by atoms with van der Waals surface area (Å²) in [6.07, 6.45) is 0. The predicted molar refractivity (Wildman–Crippen MR) is 133 cm³/mol. The van der Waals surface area contributed by atoms with E-state index >= 15 is 0 Å². The van der Waals surface area contributed by atoms with Gasteiger partial charge in [-0.15, -0.1) is 32.9 Å². The fourth-order valence-electron chi connectivity index (χ4n) is 3.75. The van der Waals surface area contributed by atoms with E-state index in [0.29, 0.717) is 11.3 Å². The zero-order valence-electron chi connectivity index (χ0n) is 17.7. The highest BCUT2D eigenvalue weighted by atomic mass is 32.2. The van der Waals surface area contributed by atoms with Crippen molar-refractivity contribution in [2.45, 2.75) is 10.9 Å². The first-order chi connectivity index (χ1) is 16.1. The van der Waals surface area contributed by atoms with Crippen molar-refractivity contribution in [3.63, 3.8) is 0 Å². The van der Waals surface area contributed by atoms with Crippen LogP contribution in [0.3, 0.4) is 0 Å². The Balaban J connectivity index is 1.29. The zero-order valence-corrected chi connectivity index (χ0v) is 20.1. The Kier molecular flexibility index (Phi) is 5.01. The second-order valence-corrected chi connectivity index (χ2v) is 10.6. The number of hydrogen-bond acceptors (Lipinski definition) is 7. The third-order valence-electron chi connectivity index (χ3n) is 5.33. The molecule has 4 aromatic heterocycles. The number of nitrogens with zero attached hydrogens (tertiary/aromatic N) is 6. The number of benzene rings is 2. The molecule has 33 heavy (non-hydrogen) atoms. The second-order valence-electron chi connectivity index (χ2n) is 7.54. The Morgan fingerprint density at radius 3 is 2.70 bits per heavy atom. The fraction of sp³-hybridized carbons (Fsp3) is 0.130. The smallest absolute Gasteiger partial charge is 0.191 e. The normalized spacial score (nSPS) is 11.7. The van der Waals surface area contributed by atoms with Crippen LogP contribution in [0.25, 0.3) is 42.4 Å². The molecule has 0 unspecified atom stereocenters. The van der Waals surface area contributed by atoms with Crippen LogP contribution in [0.5, 0.6) is 0 Å². The molecule has 0 aliphatic carbocycles. The fourth-order valence-corrected chi connectivity index (χ4v) is 6.70. The van der Waals surface area contributed by atoms with Gasteiger partial charge in [0.25, 0.3) is 0 Å². The SMILES string of the molecule is Cn1c(SCc2nc3cc(F)ccc3s2)nnc1-c1cc2c(-c3ccccc3)nn(C)c2s1. The van der Waals surface area contributed by atoms with E-state index in [1.54, 1.807) is 40.5 Å². The molecule has 6 rings (SSSR count). The summed E-state index contributed by atoms with van der Waals surface area (Å²) in [5, 5.41) is 16.5. The summed E-state index contributed by atoms with van der Waals surface area (Å²) in [5.74, 6) is 1.21. The van der Waals surface area contributed by atoms with Crippen molar-refractivity contribution in [1.82, 2.24) is 29.5 Å². The minimum Gasteiger partial charge on any atom is -0.304 e. The van der Waals surface area contributed by atoms with E-state index in [2.05, 4.69) is 33.4 Å². The molecule has 0 bridgehead atoms. The Morgan fingerprint density at radius 1 is 1.00 bits per heavy atom. The molecule has 0 aliphatic rings. The molecule has 0 radical (unpaired) electrons. The van der Waals surface area contributed by atoms with E-state index in [-0.39, 0.29) is 5.82 Å². The van der Waals surface area contributed by atoms with Crippen molar-refractivity contribution in [1.29, 1.82) is 0 Å². The number of aryl methyl sites for hydroxylation is 1. The minimum absolute atomic E-state index is 0.265. The molecule has 10 heteroatoms. The highest BCUT2D eigenvalue weighted by molar-refractivity contribution is 7.98. The van der Waals surface area contributed by atoms with Gasteiger partial charge in [0, 0.05) is 31.1 Å². The van der Waals surface area contributed by atoms with Crippen LogP contribution in [0.4, 0.5) is 4.39 Å². The molecular weight excluding hydrogens is 475 g/mol. The van der Waals surface area contributed by atoms with E-state index in [9.17, 15) is 4.39 Å². The molecule has 164 valence electrons. The first kappa shape index (κ1) is 20.5. The molecule has 6 aromatic rings. The predicted octanol–water partition coefficient (Wildman–Crippen LogP) is 6.14. The molecule has 6 nitrogen and oxygen atoms in total. The first-order valence-electron chi connectivity index (χ1n) is 10.2. The number of hydrogen-bond donors (Lipinski definition) is 0. The average Bonchev–Trinajstić information content (AvgIpc) is 3.57. The Labute approximate surface area is 200 Å². The Bertz CT molecular complexity index is 1610. The first-order valence-corrected chi connectivity index (χ1v) is 12.8. The van der Waals surface area contributed by atoms with Gasteiger partial charge in [-0.25, -0.2) is 9.37 Å². The largest absolute Gasteiger partial charge is 0.304 e. The summed E-state index contributed by atoms with van der Waals surface area (Å²) in [6, 6.07) is 17.1. The summed E-state index contributed by atoms with van der Waals surface area (Å²) < 4.78 is 18.4. The summed E-state index contributed by atoms with van der Waals surface area (Å²) >= 11 is 4.81. The van der Waals surface area contributed by atoms with Gasteiger partial charge in [-0.05, 0) is 18.2 Å². The van der Waals surface area contributed by atoms with Crippen molar-refractivity contribution in [3.05, 3.63) is 65.4 Å². The van der Waals surface area contributed by atoms with Crippen LogP contribution < -0.4 is 0 Å². The number of halogens is 1. The van der Waals surface area contributed by atoms with Crippen LogP contribution in [0.15, 0.2) is 59.8 Å². The van der Waals surface area contributed by atoms with Gasteiger partial charge in [0.2, 0.25) is 0 Å². The van der Waals surface area contributed by atoms with Crippen LogP contribution >= 0.6 is 34.4 Å². The molecule has 4 heterocycles. The van der Waals surface area contributed by atoms with Crippen LogP contribution in [0.2, 0.25) is 0 Å². The van der Waals surface area contributed by atoms with Crippen LogP contribution in [0.1, 0.15) is 5.01 Å². The molecule has 0 N–H and O–H groups in total. The molecule has 0 saturated carbocycles. The topological polar surface area (TPSA) is 61.4 Å². The average molecular weight is 493 g/mol. The van der Waals surface area contributed by atoms with Crippen LogP contribution in [-0.2, 0) is 19.8 Å².